The SMILES string of the molecule is CC(C)(C)c1ccccc1N=Cc1cccc(-c2ccccc2)c1O. The summed E-state index contributed by atoms with van der Waals surface area (Å²) in [5.41, 5.74) is 4.65. The molecule has 0 aliphatic heterocycles. The maximum absolute atomic E-state index is 10.7. The van der Waals surface area contributed by atoms with Gasteiger partial charge >= 0.3 is 0 Å². The molecule has 0 saturated heterocycles. The molecule has 3 rings (SSSR count). The zero-order valence-corrected chi connectivity index (χ0v) is 14.9. The van der Waals surface area contributed by atoms with E-state index in [4.69, 9.17) is 0 Å². The molecule has 0 spiro atoms. The van der Waals surface area contributed by atoms with Gasteiger partial charge in [-0.15, -0.1) is 0 Å². The van der Waals surface area contributed by atoms with E-state index in [0.717, 1.165) is 16.8 Å². The van der Waals surface area contributed by atoms with Crippen molar-refractivity contribution in [1.29, 1.82) is 0 Å². The fourth-order valence-electron chi connectivity index (χ4n) is 2.88. The Labute approximate surface area is 149 Å². The van der Waals surface area contributed by atoms with Gasteiger partial charge in [-0.2, -0.15) is 0 Å². The molecule has 0 aromatic heterocycles. The maximum atomic E-state index is 10.7. The van der Waals surface area contributed by atoms with Gasteiger partial charge < -0.3 is 5.11 Å². The number of phenols is 1. The van der Waals surface area contributed by atoms with Crippen LogP contribution in [-0.2, 0) is 5.41 Å². The van der Waals surface area contributed by atoms with Crippen molar-refractivity contribution in [3.63, 3.8) is 0 Å². The molecule has 2 heteroatoms. The third kappa shape index (κ3) is 3.80. The van der Waals surface area contributed by atoms with Crippen LogP contribution in [0.15, 0.2) is 77.8 Å². The molecular formula is C23H23NO. The van der Waals surface area contributed by atoms with Gasteiger partial charge in [-0.1, -0.05) is 81.4 Å². The maximum Gasteiger partial charge on any atom is 0.132 e. The highest BCUT2D eigenvalue weighted by Gasteiger charge is 2.17. The molecule has 0 amide bonds. The summed E-state index contributed by atoms with van der Waals surface area (Å²) < 4.78 is 0. The Morgan fingerprint density at radius 2 is 1.48 bits per heavy atom. The van der Waals surface area contributed by atoms with Gasteiger partial charge in [0.05, 0.1) is 5.69 Å². The normalized spacial score (nSPS) is 11.8. The fourth-order valence-corrected chi connectivity index (χ4v) is 2.88. The van der Waals surface area contributed by atoms with Crippen LogP contribution in [0.4, 0.5) is 5.69 Å². The lowest BCUT2D eigenvalue weighted by Gasteiger charge is -2.20. The first-order chi connectivity index (χ1) is 12.0. The molecule has 0 aliphatic rings. The Kier molecular flexibility index (Phi) is 4.71. The summed E-state index contributed by atoms with van der Waals surface area (Å²) in [6, 6.07) is 23.8. The molecule has 0 unspecified atom stereocenters. The van der Waals surface area contributed by atoms with Crippen molar-refractivity contribution in [3.05, 3.63) is 83.9 Å². The van der Waals surface area contributed by atoms with E-state index in [1.807, 2.05) is 66.7 Å². The first-order valence-corrected chi connectivity index (χ1v) is 8.48. The molecule has 0 heterocycles. The van der Waals surface area contributed by atoms with Crippen LogP contribution in [0, 0.1) is 0 Å². The van der Waals surface area contributed by atoms with Gasteiger partial charge in [0.1, 0.15) is 5.75 Å². The molecule has 0 bridgehead atoms. The summed E-state index contributed by atoms with van der Waals surface area (Å²) in [6.07, 6.45) is 1.74. The number of benzene rings is 3. The van der Waals surface area contributed by atoms with E-state index in [2.05, 4.69) is 31.8 Å². The number of hydrogen-bond acceptors (Lipinski definition) is 2. The standard InChI is InChI=1S/C23H23NO/c1-23(2,3)20-14-7-8-15-21(20)24-16-18-12-9-13-19(22(18)25)17-10-5-4-6-11-17/h4-16,25H,1-3H3. The zero-order valence-electron chi connectivity index (χ0n) is 14.9. The monoisotopic (exact) mass is 329 g/mol. The largest absolute Gasteiger partial charge is 0.507 e. The Morgan fingerprint density at radius 3 is 2.20 bits per heavy atom. The Hall–Kier alpha value is -2.87. The van der Waals surface area contributed by atoms with Crippen LogP contribution in [0.5, 0.6) is 5.75 Å². The molecule has 0 atom stereocenters. The summed E-state index contributed by atoms with van der Waals surface area (Å²) in [6.45, 7) is 6.53. The van der Waals surface area contributed by atoms with Crippen LogP contribution >= 0.6 is 0 Å². The second-order valence-corrected chi connectivity index (χ2v) is 7.13. The first-order valence-electron chi connectivity index (χ1n) is 8.48. The summed E-state index contributed by atoms with van der Waals surface area (Å²) in [7, 11) is 0. The minimum atomic E-state index is 0.0157. The van der Waals surface area contributed by atoms with Gasteiger partial charge in [-0.25, -0.2) is 0 Å². The molecule has 3 aromatic rings. The highest BCUT2D eigenvalue weighted by atomic mass is 16.3. The minimum absolute atomic E-state index is 0.0157. The number of rotatable bonds is 3. The average Bonchev–Trinajstić information content (AvgIpc) is 2.61. The summed E-state index contributed by atoms with van der Waals surface area (Å²) in [4.78, 5) is 4.65. The topological polar surface area (TPSA) is 32.6 Å². The van der Waals surface area contributed by atoms with Crippen LogP contribution in [0.25, 0.3) is 11.1 Å². The van der Waals surface area contributed by atoms with Crippen molar-refractivity contribution in [2.75, 3.05) is 0 Å². The van der Waals surface area contributed by atoms with Crippen LogP contribution < -0.4 is 0 Å². The average molecular weight is 329 g/mol. The van der Waals surface area contributed by atoms with Crippen LogP contribution in [0.3, 0.4) is 0 Å². The lowest BCUT2D eigenvalue weighted by Crippen LogP contribution is -2.11. The van der Waals surface area contributed by atoms with Gasteiger partial charge in [0.15, 0.2) is 0 Å². The van der Waals surface area contributed by atoms with Crippen molar-refractivity contribution < 1.29 is 5.11 Å². The van der Waals surface area contributed by atoms with E-state index in [1.54, 1.807) is 6.21 Å². The third-order valence-electron chi connectivity index (χ3n) is 4.21. The second kappa shape index (κ2) is 6.94. The van der Waals surface area contributed by atoms with Crippen LogP contribution in [0.1, 0.15) is 31.9 Å². The molecule has 3 aromatic carbocycles. The number of aromatic hydroxyl groups is 1. The number of para-hydroxylation sites is 2. The third-order valence-corrected chi connectivity index (χ3v) is 4.21. The molecule has 0 fully saturated rings. The predicted molar refractivity (Wildman–Crippen MR) is 106 cm³/mol. The molecule has 25 heavy (non-hydrogen) atoms. The van der Waals surface area contributed by atoms with Crippen molar-refractivity contribution in [2.24, 2.45) is 4.99 Å². The van der Waals surface area contributed by atoms with Crippen molar-refractivity contribution >= 4 is 11.9 Å². The summed E-state index contributed by atoms with van der Waals surface area (Å²) >= 11 is 0. The van der Waals surface area contributed by atoms with Crippen molar-refractivity contribution in [3.8, 4) is 16.9 Å². The molecule has 2 nitrogen and oxygen atoms in total. The smallest absolute Gasteiger partial charge is 0.132 e. The minimum Gasteiger partial charge on any atom is -0.507 e. The number of hydrogen-bond donors (Lipinski definition) is 1. The van der Waals surface area contributed by atoms with E-state index >= 15 is 0 Å². The Bertz CT molecular complexity index is 889. The number of phenolic OH excluding ortho intramolecular Hbond substituents is 1. The quantitative estimate of drug-likeness (QED) is 0.578. The first kappa shape index (κ1) is 17.0. The molecule has 0 radical (unpaired) electrons. The van der Waals surface area contributed by atoms with Gasteiger partial charge in [0, 0.05) is 17.3 Å². The lowest BCUT2D eigenvalue weighted by atomic mass is 9.86. The number of aliphatic imine (C=N–C) groups is 1. The van der Waals surface area contributed by atoms with Gasteiger partial charge in [0.25, 0.3) is 0 Å². The van der Waals surface area contributed by atoms with E-state index in [0.29, 0.717) is 5.56 Å². The van der Waals surface area contributed by atoms with E-state index < -0.39 is 0 Å². The lowest BCUT2D eigenvalue weighted by molar-refractivity contribution is 0.476. The van der Waals surface area contributed by atoms with Crippen molar-refractivity contribution in [1.82, 2.24) is 0 Å². The predicted octanol–water partition coefficient (Wildman–Crippen LogP) is 6.11. The molecule has 0 aliphatic carbocycles. The summed E-state index contributed by atoms with van der Waals surface area (Å²) in [5, 5.41) is 10.7. The zero-order chi connectivity index (χ0) is 17.9. The molecule has 0 saturated carbocycles. The van der Waals surface area contributed by atoms with E-state index in [-0.39, 0.29) is 11.2 Å². The Balaban J connectivity index is 1.99. The molecule has 126 valence electrons. The van der Waals surface area contributed by atoms with Crippen molar-refractivity contribution in [2.45, 2.75) is 26.2 Å². The number of nitrogens with zero attached hydrogens (tertiary/aromatic N) is 1. The molecule has 1 N–H and O–H groups in total. The Morgan fingerprint density at radius 1 is 0.800 bits per heavy atom. The van der Waals surface area contributed by atoms with Gasteiger partial charge in [-0.3, -0.25) is 4.99 Å². The highest BCUT2D eigenvalue weighted by Crippen LogP contribution is 2.33. The fraction of sp³-hybridized carbons (Fsp3) is 0.174. The van der Waals surface area contributed by atoms with E-state index in [9.17, 15) is 5.11 Å². The second-order valence-electron chi connectivity index (χ2n) is 7.13. The van der Waals surface area contributed by atoms with Gasteiger partial charge in [0.2, 0.25) is 0 Å². The van der Waals surface area contributed by atoms with E-state index in [1.165, 1.54) is 5.56 Å². The van der Waals surface area contributed by atoms with Crippen LogP contribution in [0.2, 0.25) is 0 Å². The summed E-state index contributed by atoms with van der Waals surface area (Å²) in [5.74, 6) is 0.255. The van der Waals surface area contributed by atoms with Crippen LogP contribution in [-0.4, -0.2) is 11.3 Å². The highest BCUT2D eigenvalue weighted by molar-refractivity contribution is 5.90. The van der Waals surface area contributed by atoms with Gasteiger partial charge in [-0.05, 0) is 28.7 Å². The molecular weight excluding hydrogens is 306 g/mol.